The second kappa shape index (κ2) is 19.8. The number of hydrogen-bond donors (Lipinski definition) is 1. The Morgan fingerprint density at radius 1 is 0.720 bits per heavy atom. The average molecular weight is 358 g/mol. The minimum absolute atomic E-state index is 0. The van der Waals surface area contributed by atoms with Crippen molar-refractivity contribution in [3.63, 3.8) is 0 Å². The average Bonchev–Trinajstić information content (AvgIpc) is 2.56. The van der Waals surface area contributed by atoms with E-state index in [9.17, 15) is 4.79 Å². The van der Waals surface area contributed by atoms with Crippen LogP contribution in [0.4, 0.5) is 0 Å². The predicted molar refractivity (Wildman–Crippen MR) is 110 cm³/mol. The third-order valence-electron chi connectivity index (χ3n) is 4.70. The molecule has 0 amide bonds. The number of carbonyl (C=O) groups is 1. The summed E-state index contributed by atoms with van der Waals surface area (Å²) in [5, 5.41) is 0. The van der Waals surface area contributed by atoms with E-state index >= 15 is 0 Å². The van der Waals surface area contributed by atoms with E-state index in [-0.39, 0.29) is 18.0 Å². The fourth-order valence-electron chi connectivity index (χ4n) is 3.09. The highest BCUT2D eigenvalue weighted by Gasteiger charge is 2.19. The molecule has 0 aromatic carbocycles. The molecule has 0 aromatic rings. The van der Waals surface area contributed by atoms with Gasteiger partial charge < -0.3 is 10.9 Å². The lowest BCUT2D eigenvalue weighted by Crippen LogP contribution is -2.20. The largest absolute Gasteiger partial charge is 0.465 e. The van der Waals surface area contributed by atoms with Gasteiger partial charge in [0.1, 0.15) is 0 Å². The van der Waals surface area contributed by atoms with Crippen LogP contribution in [0, 0.1) is 11.8 Å². The number of hydrogen-bond acceptors (Lipinski definition) is 3. The first-order valence-corrected chi connectivity index (χ1v) is 10.8. The van der Waals surface area contributed by atoms with Gasteiger partial charge in [-0.3, -0.25) is 4.79 Å². The fourth-order valence-corrected chi connectivity index (χ4v) is 3.09. The van der Waals surface area contributed by atoms with Gasteiger partial charge in [0.25, 0.3) is 0 Å². The van der Waals surface area contributed by atoms with Crippen LogP contribution in [-0.4, -0.2) is 12.6 Å². The van der Waals surface area contributed by atoms with E-state index in [1.807, 2.05) is 0 Å². The molecule has 0 bridgehead atoms. The molecule has 0 unspecified atom stereocenters. The summed E-state index contributed by atoms with van der Waals surface area (Å²) >= 11 is 0. The number of esters is 1. The fraction of sp³-hybridized carbons (Fsp3) is 0.955. The Labute approximate surface area is 158 Å². The molecule has 0 aromatic heterocycles. The van der Waals surface area contributed by atoms with E-state index in [0.717, 1.165) is 12.8 Å². The SMILES string of the molecule is CCCCCCCCC(CCCCCCCC)C(=O)OCC(C)C.N. The third kappa shape index (κ3) is 18.0. The molecule has 0 spiro atoms. The van der Waals surface area contributed by atoms with E-state index in [4.69, 9.17) is 4.74 Å². The van der Waals surface area contributed by atoms with Crippen LogP contribution in [0.2, 0.25) is 0 Å². The van der Waals surface area contributed by atoms with Crippen molar-refractivity contribution in [2.45, 2.75) is 118 Å². The second-order valence-corrected chi connectivity index (χ2v) is 7.83. The van der Waals surface area contributed by atoms with E-state index in [1.165, 1.54) is 77.0 Å². The van der Waals surface area contributed by atoms with E-state index in [2.05, 4.69) is 27.7 Å². The maximum absolute atomic E-state index is 12.4. The molecule has 0 heterocycles. The van der Waals surface area contributed by atoms with E-state index in [1.54, 1.807) is 0 Å². The summed E-state index contributed by atoms with van der Waals surface area (Å²) in [5.74, 6) is 0.629. The molecule has 25 heavy (non-hydrogen) atoms. The minimum Gasteiger partial charge on any atom is -0.465 e. The Morgan fingerprint density at radius 3 is 1.52 bits per heavy atom. The van der Waals surface area contributed by atoms with Crippen molar-refractivity contribution >= 4 is 5.97 Å². The first kappa shape index (κ1) is 26.7. The highest BCUT2D eigenvalue weighted by Crippen LogP contribution is 2.21. The zero-order valence-electron chi connectivity index (χ0n) is 17.8. The maximum Gasteiger partial charge on any atom is 0.308 e. The van der Waals surface area contributed by atoms with Crippen molar-refractivity contribution in [2.24, 2.45) is 11.8 Å². The number of ether oxygens (including phenoxy) is 1. The Hall–Kier alpha value is -0.570. The molecule has 0 saturated carbocycles. The van der Waals surface area contributed by atoms with Gasteiger partial charge >= 0.3 is 5.97 Å². The Bertz CT molecular complexity index is 263. The van der Waals surface area contributed by atoms with Gasteiger partial charge in [0.05, 0.1) is 12.5 Å². The van der Waals surface area contributed by atoms with Crippen LogP contribution < -0.4 is 6.15 Å². The molecule has 0 aliphatic carbocycles. The van der Waals surface area contributed by atoms with Crippen molar-refractivity contribution in [1.82, 2.24) is 6.15 Å². The molecule has 3 N–H and O–H groups in total. The van der Waals surface area contributed by atoms with Crippen LogP contribution in [0.3, 0.4) is 0 Å². The Morgan fingerprint density at radius 2 is 1.12 bits per heavy atom. The second-order valence-electron chi connectivity index (χ2n) is 7.83. The number of unbranched alkanes of at least 4 members (excludes halogenated alkanes) is 10. The van der Waals surface area contributed by atoms with Crippen LogP contribution in [-0.2, 0) is 9.53 Å². The van der Waals surface area contributed by atoms with Crippen LogP contribution in [0.5, 0.6) is 0 Å². The lowest BCUT2D eigenvalue weighted by Gasteiger charge is -2.17. The zero-order valence-corrected chi connectivity index (χ0v) is 17.8. The first-order valence-electron chi connectivity index (χ1n) is 10.8. The van der Waals surface area contributed by atoms with Crippen LogP contribution >= 0.6 is 0 Å². The lowest BCUT2D eigenvalue weighted by molar-refractivity contribution is -0.150. The smallest absolute Gasteiger partial charge is 0.308 e. The molecule has 0 rings (SSSR count). The van der Waals surface area contributed by atoms with Crippen molar-refractivity contribution in [1.29, 1.82) is 0 Å². The van der Waals surface area contributed by atoms with Gasteiger partial charge in [-0.2, -0.15) is 0 Å². The summed E-state index contributed by atoms with van der Waals surface area (Å²) < 4.78 is 5.52. The number of rotatable bonds is 17. The molecule has 0 atom stereocenters. The van der Waals surface area contributed by atoms with Crippen LogP contribution in [0.25, 0.3) is 0 Å². The number of carbonyl (C=O) groups excluding carboxylic acids is 1. The Kier molecular flexibility index (Phi) is 21.1. The monoisotopic (exact) mass is 357 g/mol. The molecular weight excluding hydrogens is 310 g/mol. The van der Waals surface area contributed by atoms with Gasteiger partial charge in [0.15, 0.2) is 0 Å². The van der Waals surface area contributed by atoms with Gasteiger partial charge in [0.2, 0.25) is 0 Å². The van der Waals surface area contributed by atoms with Gasteiger partial charge in [-0.25, -0.2) is 0 Å². The minimum atomic E-state index is 0. The molecular formula is C22H47NO2. The van der Waals surface area contributed by atoms with Crippen molar-refractivity contribution in [3.05, 3.63) is 0 Å². The van der Waals surface area contributed by atoms with Gasteiger partial charge in [-0.15, -0.1) is 0 Å². The molecule has 0 fully saturated rings. The molecule has 3 nitrogen and oxygen atoms in total. The topological polar surface area (TPSA) is 61.3 Å². The standard InChI is InChI=1S/C22H44O2.H3N/c1-5-7-9-11-13-15-17-21(22(23)24-19-20(3)4)18-16-14-12-10-8-6-2;/h20-21H,5-19H2,1-4H3;1H3. The van der Waals surface area contributed by atoms with Crippen molar-refractivity contribution in [2.75, 3.05) is 6.61 Å². The first-order chi connectivity index (χ1) is 11.6. The molecule has 3 heteroatoms. The van der Waals surface area contributed by atoms with E-state index < -0.39 is 0 Å². The van der Waals surface area contributed by atoms with Crippen LogP contribution in [0.1, 0.15) is 118 Å². The highest BCUT2D eigenvalue weighted by molar-refractivity contribution is 5.72. The molecule has 152 valence electrons. The summed E-state index contributed by atoms with van der Waals surface area (Å²) in [4.78, 5) is 12.4. The summed E-state index contributed by atoms with van der Waals surface area (Å²) in [6.07, 6.45) is 17.6. The zero-order chi connectivity index (χ0) is 18.0. The van der Waals surface area contributed by atoms with E-state index in [0.29, 0.717) is 12.5 Å². The maximum atomic E-state index is 12.4. The molecule has 0 aliphatic heterocycles. The van der Waals surface area contributed by atoms with Crippen LogP contribution in [0.15, 0.2) is 0 Å². The molecule has 0 aliphatic rings. The lowest BCUT2D eigenvalue weighted by atomic mass is 9.94. The predicted octanol–water partition coefficient (Wildman–Crippen LogP) is 7.47. The molecule has 0 radical (unpaired) electrons. The molecule has 0 saturated heterocycles. The normalized spacial score (nSPS) is 11.0. The summed E-state index contributed by atoms with van der Waals surface area (Å²) in [5.41, 5.74) is 0. The highest BCUT2D eigenvalue weighted by atomic mass is 16.5. The van der Waals surface area contributed by atoms with Gasteiger partial charge in [-0.1, -0.05) is 105 Å². The summed E-state index contributed by atoms with van der Waals surface area (Å²) in [7, 11) is 0. The summed E-state index contributed by atoms with van der Waals surface area (Å²) in [6.45, 7) is 9.28. The van der Waals surface area contributed by atoms with Gasteiger partial charge in [0, 0.05) is 0 Å². The third-order valence-corrected chi connectivity index (χ3v) is 4.70. The van der Waals surface area contributed by atoms with Crippen molar-refractivity contribution < 1.29 is 9.53 Å². The quantitative estimate of drug-likeness (QED) is 0.217. The van der Waals surface area contributed by atoms with Crippen molar-refractivity contribution in [3.8, 4) is 0 Å². The van der Waals surface area contributed by atoms with Gasteiger partial charge in [-0.05, 0) is 18.8 Å². The summed E-state index contributed by atoms with van der Waals surface area (Å²) in [6, 6.07) is 0. The Balaban J connectivity index is 0.